The number of nitrogens with one attached hydrogen (secondary N) is 1. The summed E-state index contributed by atoms with van der Waals surface area (Å²) < 4.78 is 16.2. The summed E-state index contributed by atoms with van der Waals surface area (Å²) in [7, 11) is 0. The Bertz CT molecular complexity index is 728. The molecule has 5 nitrogen and oxygen atoms in total. The van der Waals surface area contributed by atoms with Crippen LogP contribution >= 0.6 is 0 Å². The van der Waals surface area contributed by atoms with Crippen molar-refractivity contribution in [2.75, 3.05) is 13.4 Å². The Morgan fingerprint density at radius 2 is 1.86 bits per heavy atom. The molecule has 2 aromatic rings. The van der Waals surface area contributed by atoms with Crippen LogP contribution in [0.4, 0.5) is 0 Å². The zero-order valence-corrected chi connectivity index (χ0v) is 11.9. The van der Waals surface area contributed by atoms with Gasteiger partial charge in [0, 0.05) is 17.5 Å². The van der Waals surface area contributed by atoms with Crippen molar-refractivity contribution in [2.24, 2.45) is 0 Å². The van der Waals surface area contributed by atoms with Gasteiger partial charge in [-0.3, -0.25) is 4.79 Å². The molecule has 1 N–H and O–H groups in total. The summed E-state index contributed by atoms with van der Waals surface area (Å²) in [4.78, 5) is 12.5. The molecule has 0 bridgehead atoms. The third-order valence-corrected chi connectivity index (χ3v) is 3.90. The summed E-state index contributed by atoms with van der Waals surface area (Å²) in [5.74, 6) is 2.00. The van der Waals surface area contributed by atoms with E-state index in [1.54, 1.807) is 18.2 Å². The fourth-order valence-corrected chi connectivity index (χ4v) is 2.77. The molecule has 2 aliphatic heterocycles. The molecule has 5 heteroatoms. The first-order valence-electron chi connectivity index (χ1n) is 7.23. The molecule has 112 valence electrons. The van der Waals surface area contributed by atoms with Crippen LogP contribution < -0.4 is 19.5 Å². The maximum atomic E-state index is 12.5. The Labute approximate surface area is 127 Å². The number of fused-ring (bicyclic) bond motifs is 2. The average molecular weight is 297 g/mol. The maximum Gasteiger partial charge on any atom is 0.251 e. The predicted molar refractivity (Wildman–Crippen MR) is 79.3 cm³/mol. The summed E-state index contributed by atoms with van der Waals surface area (Å²) in [6.45, 7) is 0.802. The van der Waals surface area contributed by atoms with Gasteiger partial charge in [0.05, 0.1) is 12.6 Å². The zero-order chi connectivity index (χ0) is 14.9. The summed E-state index contributed by atoms with van der Waals surface area (Å²) in [5.41, 5.74) is 1.58. The van der Waals surface area contributed by atoms with Gasteiger partial charge in [-0.05, 0) is 24.3 Å². The molecule has 4 rings (SSSR count). The highest BCUT2D eigenvalue weighted by atomic mass is 16.7. The first kappa shape index (κ1) is 13.0. The number of carbonyl (C=O) groups excluding carboxylic acids is 1. The highest BCUT2D eigenvalue weighted by Crippen LogP contribution is 2.34. The average Bonchev–Trinajstić information content (AvgIpc) is 3.02. The van der Waals surface area contributed by atoms with Crippen molar-refractivity contribution in [3.63, 3.8) is 0 Å². The van der Waals surface area contributed by atoms with E-state index in [0.29, 0.717) is 23.7 Å². The number of hydrogen-bond acceptors (Lipinski definition) is 4. The molecule has 0 spiro atoms. The fourth-order valence-electron chi connectivity index (χ4n) is 2.77. The van der Waals surface area contributed by atoms with Gasteiger partial charge in [0.25, 0.3) is 5.91 Å². The van der Waals surface area contributed by atoms with E-state index in [-0.39, 0.29) is 18.7 Å². The molecule has 2 aliphatic rings. The van der Waals surface area contributed by atoms with Crippen molar-refractivity contribution >= 4 is 5.91 Å². The van der Waals surface area contributed by atoms with E-state index in [0.717, 1.165) is 17.7 Å². The number of para-hydroxylation sites is 1. The van der Waals surface area contributed by atoms with Crippen LogP contribution in [0, 0.1) is 0 Å². The molecule has 0 fully saturated rings. The van der Waals surface area contributed by atoms with Crippen molar-refractivity contribution in [1.29, 1.82) is 0 Å². The molecule has 1 amide bonds. The minimum atomic E-state index is -0.125. The number of amides is 1. The van der Waals surface area contributed by atoms with Crippen LogP contribution in [-0.4, -0.2) is 19.3 Å². The fraction of sp³-hybridized carbons (Fsp3) is 0.235. The van der Waals surface area contributed by atoms with Gasteiger partial charge in [-0.2, -0.15) is 0 Å². The Morgan fingerprint density at radius 1 is 1.00 bits per heavy atom. The van der Waals surface area contributed by atoms with Gasteiger partial charge < -0.3 is 19.5 Å². The summed E-state index contributed by atoms with van der Waals surface area (Å²) in [5, 5.41) is 3.07. The molecule has 0 saturated carbocycles. The first-order chi connectivity index (χ1) is 10.8. The third kappa shape index (κ3) is 2.24. The molecule has 0 aromatic heterocycles. The van der Waals surface area contributed by atoms with Gasteiger partial charge in [0.2, 0.25) is 6.79 Å². The lowest BCUT2D eigenvalue weighted by molar-refractivity contribution is 0.0924. The maximum absolute atomic E-state index is 12.5. The minimum absolute atomic E-state index is 0.0390. The normalized spacial score (nSPS) is 18.3. The van der Waals surface area contributed by atoms with Crippen LogP contribution in [0.15, 0.2) is 42.5 Å². The third-order valence-electron chi connectivity index (χ3n) is 3.90. The molecule has 22 heavy (non-hydrogen) atoms. The second kappa shape index (κ2) is 5.26. The van der Waals surface area contributed by atoms with Crippen LogP contribution in [0.25, 0.3) is 0 Å². The topological polar surface area (TPSA) is 56.8 Å². The van der Waals surface area contributed by atoms with Gasteiger partial charge in [0.1, 0.15) is 5.75 Å². The van der Waals surface area contributed by atoms with E-state index in [9.17, 15) is 4.79 Å². The van der Waals surface area contributed by atoms with Crippen molar-refractivity contribution in [1.82, 2.24) is 5.32 Å². The molecule has 1 atom stereocenters. The minimum Gasteiger partial charge on any atom is -0.493 e. The molecule has 2 aromatic carbocycles. The SMILES string of the molecule is O=C(NC1CCOc2ccccc21)c1ccc2c(c1)OCO2. The summed E-state index contributed by atoms with van der Waals surface area (Å²) in [6.07, 6.45) is 0.757. The predicted octanol–water partition coefficient (Wildman–Crippen LogP) is 2.67. The van der Waals surface area contributed by atoms with Crippen molar-refractivity contribution in [3.8, 4) is 17.2 Å². The van der Waals surface area contributed by atoms with Crippen LogP contribution in [0.3, 0.4) is 0 Å². The van der Waals surface area contributed by atoms with Gasteiger partial charge in [-0.25, -0.2) is 0 Å². The Hall–Kier alpha value is -2.69. The van der Waals surface area contributed by atoms with E-state index in [2.05, 4.69) is 5.32 Å². The molecule has 0 radical (unpaired) electrons. The van der Waals surface area contributed by atoms with Gasteiger partial charge in [-0.1, -0.05) is 18.2 Å². The zero-order valence-electron chi connectivity index (χ0n) is 11.9. The molecular formula is C17H15NO4. The smallest absolute Gasteiger partial charge is 0.251 e. The van der Waals surface area contributed by atoms with Gasteiger partial charge in [0.15, 0.2) is 11.5 Å². The highest BCUT2D eigenvalue weighted by molar-refractivity contribution is 5.95. The number of ether oxygens (including phenoxy) is 3. The molecule has 1 unspecified atom stereocenters. The largest absolute Gasteiger partial charge is 0.493 e. The van der Waals surface area contributed by atoms with Crippen molar-refractivity contribution in [3.05, 3.63) is 53.6 Å². The quantitative estimate of drug-likeness (QED) is 0.926. The Kier molecular flexibility index (Phi) is 3.11. The van der Waals surface area contributed by atoms with Crippen molar-refractivity contribution in [2.45, 2.75) is 12.5 Å². The van der Waals surface area contributed by atoms with E-state index >= 15 is 0 Å². The highest BCUT2D eigenvalue weighted by Gasteiger charge is 2.24. The standard InChI is InChI=1S/C17H15NO4/c19-17(11-5-6-15-16(9-11)22-10-21-15)18-13-7-8-20-14-4-2-1-3-12(13)14/h1-6,9,13H,7-8,10H2,(H,18,19). The van der Waals surface area contributed by atoms with Crippen LogP contribution in [-0.2, 0) is 0 Å². The van der Waals surface area contributed by atoms with Gasteiger partial charge >= 0.3 is 0 Å². The molecular weight excluding hydrogens is 282 g/mol. The molecule has 2 heterocycles. The van der Waals surface area contributed by atoms with Crippen molar-refractivity contribution < 1.29 is 19.0 Å². The van der Waals surface area contributed by atoms with E-state index in [4.69, 9.17) is 14.2 Å². The lowest BCUT2D eigenvalue weighted by Gasteiger charge is -2.26. The number of benzene rings is 2. The molecule has 0 aliphatic carbocycles. The first-order valence-corrected chi connectivity index (χ1v) is 7.23. The summed E-state index contributed by atoms with van der Waals surface area (Å²) >= 11 is 0. The summed E-state index contributed by atoms with van der Waals surface area (Å²) in [6, 6.07) is 13.0. The van der Waals surface area contributed by atoms with Crippen LogP contribution in [0.5, 0.6) is 17.2 Å². The Balaban J connectivity index is 1.55. The van der Waals surface area contributed by atoms with E-state index in [1.165, 1.54) is 0 Å². The van der Waals surface area contributed by atoms with E-state index in [1.807, 2.05) is 24.3 Å². The number of carbonyl (C=O) groups is 1. The second-order valence-electron chi connectivity index (χ2n) is 5.27. The van der Waals surface area contributed by atoms with Gasteiger partial charge in [-0.15, -0.1) is 0 Å². The monoisotopic (exact) mass is 297 g/mol. The van der Waals surface area contributed by atoms with Crippen LogP contribution in [0.2, 0.25) is 0 Å². The lowest BCUT2D eigenvalue weighted by atomic mass is 10.00. The van der Waals surface area contributed by atoms with E-state index < -0.39 is 0 Å². The lowest BCUT2D eigenvalue weighted by Crippen LogP contribution is -2.32. The number of rotatable bonds is 2. The van der Waals surface area contributed by atoms with Crippen LogP contribution in [0.1, 0.15) is 28.4 Å². The Morgan fingerprint density at radius 3 is 2.82 bits per heavy atom. The number of hydrogen-bond donors (Lipinski definition) is 1. The second-order valence-corrected chi connectivity index (χ2v) is 5.27. The molecule has 0 saturated heterocycles.